The van der Waals surface area contributed by atoms with E-state index in [1.165, 1.54) is 22.3 Å². The van der Waals surface area contributed by atoms with Crippen molar-refractivity contribution in [1.29, 1.82) is 0 Å². The second-order valence-electron chi connectivity index (χ2n) is 3.25. The number of hydrogen-bond acceptors (Lipinski definition) is 0. The maximum Gasteiger partial charge on any atom is -0.0146 e. The van der Waals surface area contributed by atoms with E-state index in [9.17, 15) is 0 Å². The van der Waals surface area contributed by atoms with Crippen molar-refractivity contribution >= 4 is 0 Å². The molecule has 0 bridgehead atoms. The highest BCUT2D eigenvalue weighted by atomic mass is 14.1. The van der Waals surface area contributed by atoms with E-state index in [0.717, 1.165) is 12.8 Å². The molecule has 0 saturated carbocycles. The largest absolute Gasteiger partial charge is 0.0613 e. The van der Waals surface area contributed by atoms with Crippen LogP contribution in [0.1, 0.15) is 36.1 Å². The van der Waals surface area contributed by atoms with Crippen LogP contribution in [0.2, 0.25) is 0 Å². The highest BCUT2D eigenvalue weighted by molar-refractivity contribution is 5.38. The van der Waals surface area contributed by atoms with Gasteiger partial charge in [-0.05, 0) is 55.0 Å². The molecule has 1 radical (unpaired) electrons. The fourth-order valence-corrected chi connectivity index (χ4v) is 1.67. The van der Waals surface area contributed by atoms with Crippen LogP contribution in [0, 0.1) is 19.9 Å². The Labute approximate surface area is 75.6 Å². The predicted molar refractivity (Wildman–Crippen MR) is 53.5 cm³/mol. The maximum atomic E-state index is 3.29. The third-order valence-corrected chi connectivity index (χ3v) is 2.60. The van der Waals surface area contributed by atoms with Crippen molar-refractivity contribution in [2.45, 2.75) is 40.5 Å². The molecule has 0 heteroatoms. The summed E-state index contributed by atoms with van der Waals surface area (Å²) in [7, 11) is 0. The zero-order valence-electron chi connectivity index (χ0n) is 8.49. The third-order valence-electron chi connectivity index (χ3n) is 2.60. The van der Waals surface area contributed by atoms with Crippen molar-refractivity contribution < 1.29 is 0 Å². The van der Waals surface area contributed by atoms with Crippen molar-refractivity contribution in [3.63, 3.8) is 0 Å². The predicted octanol–water partition coefficient (Wildman–Crippen LogP) is 3.23. The van der Waals surface area contributed by atoms with Crippen LogP contribution in [-0.2, 0) is 12.8 Å². The van der Waals surface area contributed by atoms with E-state index in [1.807, 2.05) is 0 Å². The summed E-state index contributed by atoms with van der Waals surface area (Å²) >= 11 is 0. The SMILES string of the molecule is CCc1c[c]c(C)c(C)c1CC. The average molecular weight is 161 g/mol. The highest BCUT2D eigenvalue weighted by Crippen LogP contribution is 2.18. The molecule has 0 N–H and O–H groups in total. The Kier molecular flexibility index (Phi) is 2.91. The lowest BCUT2D eigenvalue weighted by molar-refractivity contribution is 1.01. The minimum Gasteiger partial charge on any atom is -0.0613 e. The van der Waals surface area contributed by atoms with Gasteiger partial charge < -0.3 is 0 Å². The molecule has 0 heterocycles. The second kappa shape index (κ2) is 3.75. The Balaban J connectivity index is 3.25. The van der Waals surface area contributed by atoms with Gasteiger partial charge in [-0.15, -0.1) is 0 Å². The molecule has 1 aromatic carbocycles. The van der Waals surface area contributed by atoms with Crippen molar-refractivity contribution in [2.75, 3.05) is 0 Å². The van der Waals surface area contributed by atoms with Gasteiger partial charge in [-0.2, -0.15) is 0 Å². The molecule has 0 spiro atoms. The third kappa shape index (κ3) is 1.52. The molecule has 0 unspecified atom stereocenters. The molecule has 12 heavy (non-hydrogen) atoms. The van der Waals surface area contributed by atoms with Crippen LogP contribution in [0.5, 0.6) is 0 Å². The van der Waals surface area contributed by atoms with Crippen LogP contribution in [0.4, 0.5) is 0 Å². The molecule has 0 aliphatic heterocycles. The molecule has 0 saturated heterocycles. The number of benzene rings is 1. The minimum absolute atomic E-state index is 1.13. The van der Waals surface area contributed by atoms with Gasteiger partial charge in [-0.3, -0.25) is 0 Å². The van der Waals surface area contributed by atoms with Crippen LogP contribution in [0.25, 0.3) is 0 Å². The van der Waals surface area contributed by atoms with Crippen LogP contribution in [0.15, 0.2) is 6.07 Å². The fourth-order valence-electron chi connectivity index (χ4n) is 1.67. The monoisotopic (exact) mass is 161 g/mol. The zero-order valence-corrected chi connectivity index (χ0v) is 8.49. The Bertz CT molecular complexity index is 272. The Hall–Kier alpha value is -0.780. The Morgan fingerprint density at radius 1 is 1.17 bits per heavy atom. The molecule has 0 amide bonds. The van der Waals surface area contributed by atoms with Gasteiger partial charge >= 0.3 is 0 Å². The van der Waals surface area contributed by atoms with E-state index in [2.05, 4.69) is 39.8 Å². The summed E-state index contributed by atoms with van der Waals surface area (Å²) in [5, 5.41) is 0. The highest BCUT2D eigenvalue weighted by Gasteiger charge is 2.03. The molecule has 65 valence electrons. The lowest BCUT2D eigenvalue weighted by Crippen LogP contribution is -1.96. The summed E-state index contributed by atoms with van der Waals surface area (Å²) < 4.78 is 0. The summed E-state index contributed by atoms with van der Waals surface area (Å²) in [6.07, 6.45) is 2.27. The van der Waals surface area contributed by atoms with Crippen LogP contribution in [0.3, 0.4) is 0 Å². The zero-order chi connectivity index (χ0) is 9.14. The molecule has 0 fully saturated rings. The number of aryl methyl sites for hydroxylation is 2. The number of rotatable bonds is 2. The lowest BCUT2D eigenvalue weighted by atomic mass is 9.95. The van der Waals surface area contributed by atoms with Gasteiger partial charge in [0.1, 0.15) is 0 Å². The summed E-state index contributed by atoms with van der Waals surface area (Å²) in [5.41, 5.74) is 5.70. The molecule has 1 rings (SSSR count). The number of hydrogen-bond donors (Lipinski definition) is 0. The maximum absolute atomic E-state index is 3.29. The summed E-state index contributed by atoms with van der Waals surface area (Å²) in [6, 6.07) is 5.43. The van der Waals surface area contributed by atoms with Crippen molar-refractivity contribution in [3.05, 3.63) is 34.4 Å². The van der Waals surface area contributed by atoms with Gasteiger partial charge in [0.05, 0.1) is 0 Å². The first-order valence-electron chi connectivity index (χ1n) is 4.70. The molecule has 0 aromatic heterocycles. The summed E-state index contributed by atoms with van der Waals surface area (Å²) in [6.45, 7) is 8.76. The van der Waals surface area contributed by atoms with Gasteiger partial charge in [0.15, 0.2) is 0 Å². The topological polar surface area (TPSA) is 0 Å². The second-order valence-corrected chi connectivity index (χ2v) is 3.25. The molecule has 1 aromatic rings. The van der Waals surface area contributed by atoms with E-state index in [1.54, 1.807) is 0 Å². The quantitative estimate of drug-likeness (QED) is 0.624. The smallest absolute Gasteiger partial charge is 0.0146 e. The van der Waals surface area contributed by atoms with Gasteiger partial charge in [-0.1, -0.05) is 19.9 Å². The average Bonchev–Trinajstić information content (AvgIpc) is 2.09. The molecular formula is C12H17. The van der Waals surface area contributed by atoms with E-state index >= 15 is 0 Å². The standard InChI is InChI=1S/C12H17/c1-5-11-8-7-9(3)10(4)12(11)6-2/h8H,5-6H2,1-4H3. The van der Waals surface area contributed by atoms with E-state index in [-0.39, 0.29) is 0 Å². The molecule has 0 aliphatic carbocycles. The summed E-state index contributed by atoms with van der Waals surface area (Å²) in [5.74, 6) is 0. The van der Waals surface area contributed by atoms with Crippen LogP contribution < -0.4 is 0 Å². The van der Waals surface area contributed by atoms with Gasteiger partial charge in [0.25, 0.3) is 0 Å². The minimum atomic E-state index is 1.13. The first-order valence-corrected chi connectivity index (χ1v) is 4.70. The van der Waals surface area contributed by atoms with Crippen molar-refractivity contribution in [2.24, 2.45) is 0 Å². The molecule has 0 aliphatic rings. The van der Waals surface area contributed by atoms with Gasteiger partial charge in [0, 0.05) is 0 Å². The van der Waals surface area contributed by atoms with E-state index in [0.29, 0.717) is 0 Å². The normalized spacial score (nSPS) is 10.3. The van der Waals surface area contributed by atoms with Gasteiger partial charge in [0.2, 0.25) is 0 Å². The molecular weight excluding hydrogens is 144 g/mol. The fraction of sp³-hybridized carbons (Fsp3) is 0.500. The molecule has 0 nitrogen and oxygen atoms in total. The van der Waals surface area contributed by atoms with E-state index in [4.69, 9.17) is 0 Å². The van der Waals surface area contributed by atoms with Crippen molar-refractivity contribution in [3.8, 4) is 0 Å². The molecule has 0 atom stereocenters. The Morgan fingerprint density at radius 2 is 1.83 bits per heavy atom. The lowest BCUT2D eigenvalue weighted by Gasteiger charge is -2.11. The first-order chi connectivity index (χ1) is 5.70. The van der Waals surface area contributed by atoms with Crippen molar-refractivity contribution in [1.82, 2.24) is 0 Å². The van der Waals surface area contributed by atoms with E-state index < -0.39 is 0 Å². The van der Waals surface area contributed by atoms with Crippen LogP contribution >= 0.6 is 0 Å². The first kappa shape index (κ1) is 9.31. The Morgan fingerprint density at radius 3 is 2.33 bits per heavy atom. The van der Waals surface area contributed by atoms with Gasteiger partial charge in [-0.25, -0.2) is 0 Å². The van der Waals surface area contributed by atoms with Crippen LogP contribution in [-0.4, -0.2) is 0 Å². The summed E-state index contributed by atoms with van der Waals surface area (Å²) in [4.78, 5) is 0.